The molecule has 0 radical (unpaired) electrons. The Hall–Kier alpha value is -1.03. The van der Waals surface area contributed by atoms with Crippen molar-refractivity contribution in [3.8, 4) is 0 Å². The fourth-order valence-electron chi connectivity index (χ4n) is 2.60. The minimum atomic E-state index is -0.248. The van der Waals surface area contributed by atoms with Crippen LogP contribution >= 0.6 is 11.8 Å². The third-order valence-corrected chi connectivity index (χ3v) is 5.05. The van der Waals surface area contributed by atoms with Gasteiger partial charge >= 0.3 is 0 Å². The van der Waals surface area contributed by atoms with E-state index in [1.54, 1.807) is 12.1 Å². The van der Waals surface area contributed by atoms with E-state index in [2.05, 4.69) is 12.2 Å². The molecule has 1 aromatic rings. The highest BCUT2D eigenvalue weighted by Crippen LogP contribution is 2.26. The number of carbonyl (C=O) groups is 1. The van der Waals surface area contributed by atoms with Crippen molar-refractivity contribution in [3.63, 3.8) is 0 Å². The molecule has 1 aromatic carbocycles. The number of hydrogen-bond acceptors (Lipinski definition) is 2. The molecule has 0 spiro atoms. The quantitative estimate of drug-likeness (QED) is 0.851. The molecule has 0 aromatic heterocycles. The van der Waals surface area contributed by atoms with Gasteiger partial charge in [0.1, 0.15) is 5.82 Å². The summed E-state index contributed by atoms with van der Waals surface area (Å²) in [7, 11) is 0. The van der Waals surface area contributed by atoms with Gasteiger partial charge in [-0.1, -0.05) is 19.8 Å². The Kier molecular flexibility index (Phi) is 5.46. The number of carbonyl (C=O) groups excluding carboxylic acids is 1. The van der Waals surface area contributed by atoms with E-state index in [4.69, 9.17) is 0 Å². The van der Waals surface area contributed by atoms with Gasteiger partial charge in [0.05, 0.1) is 5.25 Å². The summed E-state index contributed by atoms with van der Waals surface area (Å²) >= 11 is 1.47. The molecule has 0 saturated heterocycles. The highest BCUT2D eigenvalue weighted by molar-refractivity contribution is 8.00. The minimum Gasteiger partial charge on any atom is -0.352 e. The van der Waals surface area contributed by atoms with Crippen LogP contribution < -0.4 is 5.32 Å². The van der Waals surface area contributed by atoms with E-state index in [9.17, 15) is 9.18 Å². The van der Waals surface area contributed by atoms with E-state index in [1.807, 2.05) is 6.92 Å². The molecule has 1 N–H and O–H groups in total. The van der Waals surface area contributed by atoms with Crippen LogP contribution in [0.3, 0.4) is 0 Å². The maximum absolute atomic E-state index is 12.8. The predicted molar refractivity (Wildman–Crippen MR) is 81.3 cm³/mol. The smallest absolute Gasteiger partial charge is 0.233 e. The van der Waals surface area contributed by atoms with Crippen LogP contribution in [0.25, 0.3) is 0 Å². The van der Waals surface area contributed by atoms with Crippen molar-refractivity contribution < 1.29 is 9.18 Å². The molecule has 1 aliphatic carbocycles. The molecule has 110 valence electrons. The van der Waals surface area contributed by atoms with Crippen molar-refractivity contribution in [2.75, 3.05) is 0 Å². The average Bonchev–Trinajstić information content (AvgIpc) is 2.44. The zero-order chi connectivity index (χ0) is 14.5. The van der Waals surface area contributed by atoms with Crippen LogP contribution in [0.15, 0.2) is 29.2 Å². The number of nitrogens with one attached hydrogen (secondary N) is 1. The van der Waals surface area contributed by atoms with Crippen molar-refractivity contribution in [1.82, 2.24) is 5.32 Å². The summed E-state index contributed by atoms with van der Waals surface area (Å²) in [5.74, 6) is 0.399. The maximum atomic E-state index is 12.8. The standard InChI is InChI=1S/C16H22FNOS/c1-11-5-3-4-6-15(11)18-16(19)12(2)20-14-9-7-13(17)8-10-14/h7-12,15H,3-6H2,1-2H3,(H,18,19). The molecular formula is C16H22FNOS. The van der Waals surface area contributed by atoms with Gasteiger partial charge in [0.15, 0.2) is 0 Å². The van der Waals surface area contributed by atoms with E-state index in [1.165, 1.54) is 43.2 Å². The number of rotatable bonds is 4. The molecule has 20 heavy (non-hydrogen) atoms. The van der Waals surface area contributed by atoms with Gasteiger partial charge in [-0.3, -0.25) is 4.79 Å². The van der Waals surface area contributed by atoms with Gasteiger partial charge < -0.3 is 5.32 Å². The minimum absolute atomic E-state index is 0.0816. The van der Waals surface area contributed by atoms with E-state index < -0.39 is 0 Å². The van der Waals surface area contributed by atoms with Gasteiger partial charge in [0.2, 0.25) is 5.91 Å². The summed E-state index contributed by atoms with van der Waals surface area (Å²) in [6, 6.07) is 6.60. The molecule has 3 atom stereocenters. The van der Waals surface area contributed by atoms with Gasteiger partial charge in [-0.2, -0.15) is 0 Å². The maximum Gasteiger partial charge on any atom is 0.233 e. The monoisotopic (exact) mass is 295 g/mol. The first kappa shape index (κ1) is 15.4. The topological polar surface area (TPSA) is 29.1 Å². The third-order valence-electron chi connectivity index (χ3n) is 3.93. The first-order valence-electron chi connectivity index (χ1n) is 7.29. The van der Waals surface area contributed by atoms with Crippen LogP contribution in [0.4, 0.5) is 4.39 Å². The van der Waals surface area contributed by atoms with Gasteiger partial charge in [-0.15, -0.1) is 11.8 Å². The first-order valence-corrected chi connectivity index (χ1v) is 8.17. The summed E-state index contributed by atoms with van der Waals surface area (Å²) < 4.78 is 12.8. The van der Waals surface area contributed by atoms with Crippen molar-refractivity contribution in [1.29, 1.82) is 0 Å². The van der Waals surface area contributed by atoms with E-state index in [0.717, 1.165) is 11.3 Å². The predicted octanol–water partition coefficient (Wildman–Crippen LogP) is 4.00. The second-order valence-electron chi connectivity index (χ2n) is 5.59. The molecule has 1 aliphatic rings. The molecule has 1 amide bonds. The molecule has 0 bridgehead atoms. The molecule has 1 saturated carbocycles. The lowest BCUT2D eigenvalue weighted by molar-refractivity contribution is -0.121. The fraction of sp³-hybridized carbons (Fsp3) is 0.562. The van der Waals surface area contributed by atoms with Crippen molar-refractivity contribution in [2.45, 2.75) is 55.7 Å². The molecular weight excluding hydrogens is 273 g/mol. The normalized spacial score (nSPS) is 24.1. The van der Waals surface area contributed by atoms with E-state index in [0.29, 0.717) is 12.0 Å². The molecule has 4 heteroatoms. The van der Waals surface area contributed by atoms with Gasteiger partial charge in [0.25, 0.3) is 0 Å². The van der Waals surface area contributed by atoms with E-state index in [-0.39, 0.29) is 17.0 Å². The SMILES string of the molecule is CC(Sc1ccc(F)cc1)C(=O)NC1CCCCC1C. The van der Waals surface area contributed by atoms with Crippen LogP contribution in [0.2, 0.25) is 0 Å². The zero-order valence-corrected chi connectivity index (χ0v) is 12.9. The van der Waals surface area contributed by atoms with Crippen LogP contribution in [0, 0.1) is 11.7 Å². The summed E-state index contributed by atoms with van der Waals surface area (Å²) in [5.41, 5.74) is 0. The first-order chi connectivity index (χ1) is 9.56. The zero-order valence-electron chi connectivity index (χ0n) is 12.1. The lowest BCUT2D eigenvalue weighted by atomic mass is 9.86. The molecule has 1 fully saturated rings. The fourth-order valence-corrected chi connectivity index (χ4v) is 3.48. The lowest BCUT2D eigenvalue weighted by Crippen LogP contribution is -2.44. The van der Waals surface area contributed by atoms with Gasteiger partial charge in [0, 0.05) is 10.9 Å². The Morgan fingerprint density at radius 3 is 2.60 bits per heavy atom. The lowest BCUT2D eigenvalue weighted by Gasteiger charge is -2.30. The Labute approximate surface area is 124 Å². The summed E-state index contributed by atoms with van der Waals surface area (Å²) in [4.78, 5) is 13.1. The molecule has 2 nitrogen and oxygen atoms in total. The highest BCUT2D eigenvalue weighted by Gasteiger charge is 2.25. The number of thioether (sulfide) groups is 1. The molecule has 0 heterocycles. The number of benzene rings is 1. The Morgan fingerprint density at radius 1 is 1.30 bits per heavy atom. The second-order valence-corrected chi connectivity index (χ2v) is 7.01. The van der Waals surface area contributed by atoms with Crippen LogP contribution in [-0.2, 0) is 4.79 Å². The average molecular weight is 295 g/mol. The summed E-state index contributed by atoms with van der Waals surface area (Å²) in [6.07, 6.45) is 4.76. The van der Waals surface area contributed by atoms with Crippen LogP contribution in [-0.4, -0.2) is 17.2 Å². The van der Waals surface area contributed by atoms with Crippen LogP contribution in [0.5, 0.6) is 0 Å². The second kappa shape index (κ2) is 7.11. The Bertz CT molecular complexity index is 448. The Balaban J connectivity index is 1.86. The van der Waals surface area contributed by atoms with Crippen molar-refractivity contribution in [3.05, 3.63) is 30.1 Å². The summed E-state index contributed by atoms with van der Waals surface area (Å²) in [6.45, 7) is 4.11. The van der Waals surface area contributed by atoms with Gasteiger partial charge in [-0.05, 0) is 49.9 Å². The molecule has 3 unspecified atom stereocenters. The molecule has 0 aliphatic heterocycles. The van der Waals surface area contributed by atoms with Crippen molar-refractivity contribution >= 4 is 17.7 Å². The largest absolute Gasteiger partial charge is 0.352 e. The highest BCUT2D eigenvalue weighted by atomic mass is 32.2. The number of halogens is 1. The third kappa shape index (κ3) is 4.23. The summed E-state index contributed by atoms with van der Waals surface area (Å²) in [5, 5.41) is 3.01. The van der Waals surface area contributed by atoms with Crippen LogP contribution in [0.1, 0.15) is 39.5 Å². The van der Waals surface area contributed by atoms with Crippen molar-refractivity contribution in [2.24, 2.45) is 5.92 Å². The molecule has 2 rings (SSSR count). The van der Waals surface area contributed by atoms with E-state index >= 15 is 0 Å². The Morgan fingerprint density at radius 2 is 1.95 bits per heavy atom. The number of amides is 1. The number of hydrogen-bond donors (Lipinski definition) is 1. The van der Waals surface area contributed by atoms with Gasteiger partial charge in [-0.25, -0.2) is 4.39 Å².